The molecule has 11 heteroatoms. The Balaban J connectivity index is 1.46. The third kappa shape index (κ3) is 5.19. The van der Waals surface area contributed by atoms with Crippen LogP contribution >= 0.6 is 11.3 Å². The molecule has 0 spiro atoms. The van der Waals surface area contributed by atoms with Crippen LogP contribution in [0.25, 0.3) is 0 Å². The van der Waals surface area contributed by atoms with Crippen molar-refractivity contribution in [3.8, 4) is 0 Å². The van der Waals surface area contributed by atoms with Crippen LogP contribution in [0.5, 0.6) is 0 Å². The predicted molar refractivity (Wildman–Crippen MR) is 125 cm³/mol. The molecule has 0 unspecified atom stereocenters. The minimum atomic E-state index is -0.744. The lowest BCUT2D eigenvalue weighted by atomic mass is 9.85. The van der Waals surface area contributed by atoms with Crippen LogP contribution in [0.3, 0.4) is 0 Å². The number of aromatic nitrogens is 4. The molecule has 4 rings (SSSR count). The van der Waals surface area contributed by atoms with Crippen molar-refractivity contribution in [3.63, 3.8) is 0 Å². The van der Waals surface area contributed by atoms with Crippen molar-refractivity contribution >= 4 is 28.3 Å². The fourth-order valence-electron chi connectivity index (χ4n) is 4.43. The molecule has 2 fully saturated rings. The molecule has 3 atom stereocenters. The summed E-state index contributed by atoms with van der Waals surface area (Å²) in [5.41, 5.74) is 7.07. The molecule has 2 aromatic rings. The Morgan fingerprint density at radius 1 is 1.36 bits per heavy atom. The highest BCUT2D eigenvalue weighted by atomic mass is 32.1. The van der Waals surface area contributed by atoms with Gasteiger partial charge in [-0.15, -0.1) is 16.4 Å². The van der Waals surface area contributed by atoms with Gasteiger partial charge in [-0.2, -0.15) is 0 Å². The zero-order valence-electron chi connectivity index (χ0n) is 19.6. The number of nitrogens with zero attached hydrogens (tertiary/aromatic N) is 5. The van der Waals surface area contributed by atoms with Crippen LogP contribution in [-0.4, -0.2) is 67.0 Å². The first-order valence-electron chi connectivity index (χ1n) is 11.4. The molecule has 4 N–H and O–H groups in total. The van der Waals surface area contributed by atoms with Crippen molar-refractivity contribution in [2.24, 2.45) is 5.41 Å². The number of thiazole rings is 1. The second kappa shape index (κ2) is 9.02. The van der Waals surface area contributed by atoms with E-state index in [-0.39, 0.29) is 24.8 Å². The summed E-state index contributed by atoms with van der Waals surface area (Å²) in [4.78, 5) is 33.5. The van der Waals surface area contributed by atoms with Crippen LogP contribution in [0.2, 0.25) is 0 Å². The molecule has 0 aromatic carbocycles. The predicted octanol–water partition coefficient (Wildman–Crippen LogP) is 1.41. The number of aryl methyl sites for hydroxylation is 1. The van der Waals surface area contributed by atoms with Gasteiger partial charge in [-0.3, -0.25) is 9.59 Å². The summed E-state index contributed by atoms with van der Waals surface area (Å²) in [5.74, 6) is -0.0587. The minimum absolute atomic E-state index is 0.123. The molecule has 1 aliphatic carbocycles. The second-order valence-corrected chi connectivity index (χ2v) is 11.3. The summed E-state index contributed by atoms with van der Waals surface area (Å²) in [6, 6.07) is -1.35. The largest absolute Gasteiger partial charge is 0.391 e. The number of aliphatic hydroxyl groups is 1. The molecule has 3 heterocycles. The lowest BCUT2D eigenvalue weighted by Crippen LogP contribution is -2.50. The number of likely N-dealkylation sites (tertiary alicyclic amines) is 1. The standard InChI is InChI=1S/C22H33N7O3S/c1-12-17(33-21(23)25-12)7-8-24-19(31)16-9-14(30)10-28(16)20(32)18(22(2,3)4)29-11-15(26-27-29)13-5-6-13/h11,13-14,16,18,30H,5-10H2,1-4H3,(H2,23,25)(H,24,31)/t14-,16+,18-/m1/s1. The molecule has 33 heavy (non-hydrogen) atoms. The van der Waals surface area contributed by atoms with E-state index in [0.29, 0.717) is 24.0 Å². The number of amides is 2. The summed E-state index contributed by atoms with van der Waals surface area (Å²) in [5, 5.41) is 22.3. The van der Waals surface area contributed by atoms with E-state index >= 15 is 0 Å². The van der Waals surface area contributed by atoms with Gasteiger partial charge in [0.2, 0.25) is 11.8 Å². The maximum atomic E-state index is 13.7. The van der Waals surface area contributed by atoms with Crippen molar-refractivity contribution in [3.05, 3.63) is 22.5 Å². The molecule has 1 saturated carbocycles. The molecule has 2 aromatic heterocycles. The van der Waals surface area contributed by atoms with Crippen LogP contribution < -0.4 is 11.1 Å². The molecule has 1 saturated heterocycles. The summed E-state index contributed by atoms with van der Waals surface area (Å²) in [6.45, 7) is 8.34. The highest BCUT2D eigenvalue weighted by molar-refractivity contribution is 7.15. The first-order chi connectivity index (χ1) is 15.5. The number of nitrogen functional groups attached to an aromatic ring is 1. The number of carbonyl (C=O) groups excluding carboxylic acids is 2. The molecule has 180 valence electrons. The summed E-state index contributed by atoms with van der Waals surface area (Å²) < 4.78 is 1.63. The molecule has 2 amide bonds. The Kier molecular flexibility index (Phi) is 6.45. The highest BCUT2D eigenvalue weighted by Crippen LogP contribution is 2.40. The van der Waals surface area contributed by atoms with Gasteiger partial charge in [0.1, 0.15) is 12.1 Å². The van der Waals surface area contributed by atoms with Crippen molar-refractivity contribution < 1.29 is 14.7 Å². The van der Waals surface area contributed by atoms with Gasteiger partial charge >= 0.3 is 0 Å². The number of nitrogens with one attached hydrogen (secondary N) is 1. The van der Waals surface area contributed by atoms with Crippen LogP contribution in [0.1, 0.15) is 68.3 Å². The summed E-state index contributed by atoms with van der Waals surface area (Å²) in [6.07, 6.45) is 4.14. The normalized spacial score (nSPS) is 21.9. The van der Waals surface area contributed by atoms with Gasteiger partial charge in [-0.25, -0.2) is 9.67 Å². The van der Waals surface area contributed by atoms with Gasteiger partial charge < -0.3 is 21.1 Å². The van der Waals surface area contributed by atoms with E-state index in [1.54, 1.807) is 4.68 Å². The molecule has 1 aliphatic heterocycles. The Hall–Kier alpha value is -2.53. The maximum absolute atomic E-state index is 13.7. The fraction of sp³-hybridized carbons (Fsp3) is 0.682. The molecule has 0 radical (unpaired) electrons. The molecule has 2 aliphatic rings. The van der Waals surface area contributed by atoms with E-state index in [9.17, 15) is 14.7 Å². The molecular weight excluding hydrogens is 442 g/mol. The van der Waals surface area contributed by atoms with Gasteiger partial charge in [0.15, 0.2) is 5.13 Å². The fourth-order valence-corrected chi connectivity index (χ4v) is 5.26. The maximum Gasteiger partial charge on any atom is 0.248 e. The third-order valence-electron chi connectivity index (χ3n) is 6.27. The van der Waals surface area contributed by atoms with Crippen LogP contribution in [-0.2, 0) is 16.0 Å². The van der Waals surface area contributed by atoms with E-state index in [0.717, 1.165) is 29.1 Å². The average Bonchev–Trinajstić information content (AvgIpc) is 3.18. The number of carbonyl (C=O) groups is 2. The summed E-state index contributed by atoms with van der Waals surface area (Å²) >= 11 is 1.41. The van der Waals surface area contributed by atoms with Crippen LogP contribution in [0, 0.1) is 12.3 Å². The first-order valence-corrected chi connectivity index (χ1v) is 12.3. The average molecular weight is 476 g/mol. The van der Waals surface area contributed by atoms with Gasteiger partial charge in [0.25, 0.3) is 0 Å². The zero-order chi connectivity index (χ0) is 23.9. The highest BCUT2D eigenvalue weighted by Gasteiger charge is 2.45. The van der Waals surface area contributed by atoms with Gasteiger partial charge in [0.05, 0.1) is 17.5 Å². The number of hydrogen-bond donors (Lipinski definition) is 3. The Morgan fingerprint density at radius 2 is 2.09 bits per heavy atom. The van der Waals surface area contributed by atoms with Crippen molar-refractivity contribution in [2.45, 2.75) is 77.5 Å². The quantitative estimate of drug-likeness (QED) is 0.550. The molecule has 10 nitrogen and oxygen atoms in total. The lowest BCUT2D eigenvalue weighted by molar-refractivity contribution is -0.144. The zero-order valence-corrected chi connectivity index (χ0v) is 20.4. The van der Waals surface area contributed by atoms with Gasteiger partial charge in [-0.1, -0.05) is 26.0 Å². The van der Waals surface area contributed by atoms with E-state index < -0.39 is 23.6 Å². The van der Waals surface area contributed by atoms with Crippen molar-refractivity contribution in [1.82, 2.24) is 30.2 Å². The monoisotopic (exact) mass is 475 g/mol. The van der Waals surface area contributed by atoms with E-state index in [1.807, 2.05) is 33.9 Å². The Bertz CT molecular complexity index is 1020. The smallest absolute Gasteiger partial charge is 0.248 e. The minimum Gasteiger partial charge on any atom is -0.391 e. The Morgan fingerprint density at radius 3 is 2.70 bits per heavy atom. The van der Waals surface area contributed by atoms with Crippen LogP contribution in [0.15, 0.2) is 6.20 Å². The number of β-amino-alcohol motifs (C(OH)–C–C–N with tert-alkyl or cyclic N) is 1. The Labute approximate surface area is 197 Å². The number of anilines is 1. The second-order valence-electron chi connectivity index (χ2n) is 10.2. The van der Waals surface area contributed by atoms with Gasteiger partial charge in [-0.05, 0) is 25.2 Å². The number of hydrogen-bond acceptors (Lipinski definition) is 8. The van der Waals surface area contributed by atoms with Crippen molar-refractivity contribution in [1.29, 1.82) is 0 Å². The number of rotatable bonds is 7. The third-order valence-corrected chi connectivity index (χ3v) is 7.31. The van der Waals surface area contributed by atoms with Gasteiger partial charge in [0, 0.05) is 42.9 Å². The van der Waals surface area contributed by atoms with E-state index in [2.05, 4.69) is 20.6 Å². The summed E-state index contributed by atoms with van der Waals surface area (Å²) in [7, 11) is 0. The van der Waals surface area contributed by atoms with E-state index in [4.69, 9.17) is 5.73 Å². The van der Waals surface area contributed by atoms with E-state index in [1.165, 1.54) is 16.2 Å². The molecular formula is C22H33N7O3S. The lowest BCUT2D eigenvalue weighted by Gasteiger charge is -2.34. The molecule has 0 bridgehead atoms. The number of nitrogens with two attached hydrogens (primary N) is 1. The van der Waals surface area contributed by atoms with Crippen molar-refractivity contribution in [2.75, 3.05) is 18.8 Å². The van der Waals surface area contributed by atoms with Crippen LogP contribution in [0.4, 0.5) is 5.13 Å². The SMILES string of the molecule is Cc1nc(N)sc1CCNC(=O)[C@@H]1C[C@@H](O)CN1C(=O)[C@@H](n1cc(C2CC2)nn1)C(C)(C)C. The number of aliphatic hydroxyl groups excluding tert-OH is 1. The topological polar surface area (TPSA) is 139 Å². The first kappa shape index (κ1) is 23.6.